The number of carbonyl (C=O) groups is 1. The summed E-state index contributed by atoms with van der Waals surface area (Å²) in [4.78, 5) is 13.2. The predicted octanol–water partition coefficient (Wildman–Crippen LogP) is 2.36. The van der Waals surface area contributed by atoms with Crippen LogP contribution in [0.1, 0.15) is 11.1 Å². The second-order valence-electron chi connectivity index (χ2n) is 4.90. The lowest BCUT2D eigenvalue weighted by molar-refractivity contribution is -0.885. The molecule has 1 atom stereocenters. The lowest BCUT2D eigenvalue weighted by Gasteiger charge is -2.14. The summed E-state index contributed by atoms with van der Waals surface area (Å²) in [5.74, 6) is 0.00287. The lowest BCUT2D eigenvalue weighted by atomic mass is 10.2. The number of amides is 1. The van der Waals surface area contributed by atoms with Gasteiger partial charge in [0.2, 0.25) is 0 Å². The smallest absolute Gasteiger partial charge is 0.279 e. The van der Waals surface area contributed by atoms with Crippen LogP contribution in [0.25, 0.3) is 0 Å². The van der Waals surface area contributed by atoms with Crippen molar-refractivity contribution in [2.24, 2.45) is 0 Å². The number of hydrogen-bond acceptors (Lipinski definition) is 2. The fourth-order valence-electron chi connectivity index (χ4n) is 2.02. The minimum Gasteiger partial charge on any atom is -0.326 e. The van der Waals surface area contributed by atoms with Crippen LogP contribution < -0.4 is 10.2 Å². The van der Waals surface area contributed by atoms with Gasteiger partial charge in [-0.25, -0.2) is 0 Å². The molecule has 0 saturated heterocycles. The summed E-state index contributed by atoms with van der Waals surface area (Å²) in [6, 6.07) is 7.62. The highest BCUT2D eigenvalue weighted by atomic mass is 35.5. The van der Waals surface area contributed by atoms with Gasteiger partial charge in [-0.1, -0.05) is 17.7 Å². The molecule has 2 rings (SSSR count). The van der Waals surface area contributed by atoms with Gasteiger partial charge in [-0.15, -0.1) is 0 Å². The fraction of sp³-hybridized carbons (Fsp3) is 0.267. The molecule has 1 aromatic carbocycles. The first-order chi connectivity index (χ1) is 9.56. The third-order valence-electron chi connectivity index (χ3n) is 3.09. The van der Waals surface area contributed by atoms with Gasteiger partial charge >= 0.3 is 0 Å². The van der Waals surface area contributed by atoms with Gasteiger partial charge < -0.3 is 10.2 Å². The normalized spacial score (nSPS) is 12.2. The maximum absolute atomic E-state index is 12.0. The fourth-order valence-corrected chi connectivity index (χ4v) is 2.86. The van der Waals surface area contributed by atoms with Crippen LogP contribution in [-0.4, -0.2) is 19.5 Å². The molecule has 0 radical (unpaired) electrons. The van der Waals surface area contributed by atoms with E-state index in [9.17, 15) is 4.79 Å². The molecule has 2 N–H and O–H groups in total. The summed E-state index contributed by atoms with van der Waals surface area (Å²) in [7, 11) is 2.02. The van der Waals surface area contributed by atoms with E-state index in [1.807, 2.05) is 32.2 Å². The van der Waals surface area contributed by atoms with Crippen molar-refractivity contribution in [2.75, 3.05) is 18.9 Å². The van der Waals surface area contributed by atoms with E-state index in [1.165, 1.54) is 5.56 Å². The Kier molecular flexibility index (Phi) is 5.17. The van der Waals surface area contributed by atoms with Crippen molar-refractivity contribution in [1.82, 2.24) is 0 Å². The Morgan fingerprint density at radius 2 is 2.20 bits per heavy atom. The topological polar surface area (TPSA) is 33.5 Å². The molecule has 0 fully saturated rings. The molecule has 0 bridgehead atoms. The monoisotopic (exact) mass is 309 g/mol. The molecule has 0 saturated carbocycles. The van der Waals surface area contributed by atoms with Crippen LogP contribution in [0.5, 0.6) is 0 Å². The number of rotatable bonds is 5. The molecule has 106 valence electrons. The van der Waals surface area contributed by atoms with Crippen LogP contribution in [0.3, 0.4) is 0 Å². The molecule has 0 aliphatic carbocycles. The van der Waals surface area contributed by atoms with Crippen molar-refractivity contribution >= 4 is 34.5 Å². The summed E-state index contributed by atoms with van der Waals surface area (Å²) < 4.78 is 0. The molecular weight excluding hydrogens is 292 g/mol. The van der Waals surface area contributed by atoms with Gasteiger partial charge in [0, 0.05) is 16.3 Å². The molecule has 1 unspecified atom stereocenters. The summed E-state index contributed by atoms with van der Waals surface area (Å²) in [5, 5.41) is 7.76. The molecule has 1 aromatic heterocycles. The van der Waals surface area contributed by atoms with E-state index < -0.39 is 0 Å². The van der Waals surface area contributed by atoms with Gasteiger partial charge in [-0.2, -0.15) is 11.3 Å². The Labute approximate surface area is 128 Å². The van der Waals surface area contributed by atoms with E-state index >= 15 is 0 Å². The summed E-state index contributed by atoms with van der Waals surface area (Å²) in [5.41, 5.74) is 2.95. The molecule has 0 aliphatic rings. The number of halogens is 1. The largest absolute Gasteiger partial charge is 0.326 e. The summed E-state index contributed by atoms with van der Waals surface area (Å²) >= 11 is 7.72. The van der Waals surface area contributed by atoms with Crippen molar-refractivity contribution in [2.45, 2.75) is 13.5 Å². The zero-order chi connectivity index (χ0) is 14.5. The number of thiophene rings is 1. The van der Waals surface area contributed by atoms with Gasteiger partial charge in [0.15, 0.2) is 6.54 Å². The average molecular weight is 310 g/mol. The number of nitrogens with one attached hydrogen (secondary N) is 2. The van der Waals surface area contributed by atoms with Crippen molar-refractivity contribution in [3.63, 3.8) is 0 Å². The molecule has 0 spiro atoms. The maximum Gasteiger partial charge on any atom is 0.279 e. The predicted molar refractivity (Wildman–Crippen MR) is 84.6 cm³/mol. The Morgan fingerprint density at radius 1 is 1.40 bits per heavy atom. The van der Waals surface area contributed by atoms with E-state index in [-0.39, 0.29) is 5.91 Å². The van der Waals surface area contributed by atoms with Gasteiger partial charge in [0.05, 0.1) is 7.05 Å². The van der Waals surface area contributed by atoms with Crippen LogP contribution in [0.2, 0.25) is 5.02 Å². The van der Waals surface area contributed by atoms with Gasteiger partial charge in [0.1, 0.15) is 6.54 Å². The van der Waals surface area contributed by atoms with E-state index in [1.54, 1.807) is 11.3 Å². The van der Waals surface area contributed by atoms with Crippen LogP contribution in [0, 0.1) is 6.92 Å². The first-order valence-corrected chi connectivity index (χ1v) is 7.75. The summed E-state index contributed by atoms with van der Waals surface area (Å²) in [6.45, 7) is 3.19. The lowest BCUT2D eigenvalue weighted by Crippen LogP contribution is -3.08. The Balaban J connectivity index is 1.90. The quantitative estimate of drug-likeness (QED) is 0.873. The molecular formula is C15H18ClN2OS+. The Hall–Kier alpha value is -1.36. The van der Waals surface area contributed by atoms with Crippen LogP contribution in [0.4, 0.5) is 5.69 Å². The number of hydrogen-bond donors (Lipinski definition) is 2. The summed E-state index contributed by atoms with van der Waals surface area (Å²) in [6.07, 6.45) is 0. The van der Waals surface area contributed by atoms with Crippen molar-refractivity contribution in [3.8, 4) is 0 Å². The third-order valence-corrected chi connectivity index (χ3v) is 4.23. The maximum atomic E-state index is 12.0. The van der Waals surface area contributed by atoms with Crippen molar-refractivity contribution in [3.05, 3.63) is 51.2 Å². The minimum atomic E-state index is 0.00287. The first-order valence-electron chi connectivity index (χ1n) is 6.43. The van der Waals surface area contributed by atoms with Gasteiger partial charge in [0.25, 0.3) is 5.91 Å². The second kappa shape index (κ2) is 6.88. The molecule has 1 heterocycles. The van der Waals surface area contributed by atoms with Gasteiger partial charge in [-0.3, -0.25) is 4.79 Å². The second-order valence-corrected chi connectivity index (χ2v) is 6.09. The number of carbonyl (C=O) groups excluding carboxylic acids is 1. The Bertz CT molecular complexity index is 584. The molecule has 5 heteroatoms. The molecule has 2 aromatic rings. The van der Waals surface area contributed by atoms with Crippen molar-refractivity contribution < 1.29 is 9.69 Å². The zero-order valence-electron chi connectivity index (χ0n) is 11.6. The SMILES string of the molecule is Cc1c(Cl)cccc1NC(=O)C[NH+](C)Cc1ccsc1. The van der Waals surface area contributed by atoms with Crippen LogP contribution in [0.15, 0.2) is 35.0 Å². The molecule has 3 nitrogen and oxygen atoms in total. The zero-order valence-corrected chi connectivity index (χ0v) is 13.1. The number of anilines is 1. The standard InChI is InChI=1S/C15H17ClN2OS/c1-11-13(16)4-3-5-14(11)17-15(19)9-18(2)8-12-6-7-20-10-12/h3-7,10H,8-9H2,1-2H3,(H,17,19)/p+1. The Morgan fingerprint density at radius 3 is 2.90 bits per heavy atom. The number of benzene rings is 1. The molecule has 0 aliphatic heterocycles. The van der Waals surface area contributed by atoms with Gasteiger partial charge in [-0.05, 0) is 41.4 Å². The third kappa shape index (κ3) is 4.07. The van der Waals surface area contributed by atoms with Crippen molar-refractivity contribution in [1.29, 1.82) is 0 Å². The average Bonchev–Trinajstić information content (AvgIpc) is 2.87. The molecule has 20 heavy (non-hydrogen) atoms. The first kappa shape index (κ1) is 15.0. The number of quaternary nitrogens is 1. The van der Waals surface area contributed by atoms with E-state index in [2.05, 4.69) is 22.1 Å². The van der Waals surface area contributed by atoms with E-state index in [0.29, 0.717) is 11.6 Å². The van der Waals surface area contributed by atoms with E-state index in [0.717, 1.165) is 22.7 Å². The number of likely N-dealkylation sites (N-methyl/N-ethyl adjacent to an activating group) is 1. The van der Waals surface area contributed by atoms with Crippen LogP contribution >= 0.6 is 22.9 Å². The highest BCUT2D eigenvalue weighted by Crippen LogP contribution is 2.22. The minimum absolute atomic E-state index is 0.00287. The highest BCUT2D eigenvalue weighted by molar-refractivity contribution is 7.07. The van der Waals surface area contributed by atoms with E-state index in [4.69, 9.17) is 11.6 Å². The molecule has 1 amide bonds. The highest BCUT2D eigenvalue weighted by Gasteiger charge is 2.12. The van der Waals surface area contributed by atoms with Crippen LogP contribution in [-0.2, 0) is 11.3 Å².